The summed E-state index contributed by atoms with van der Waals surface area (Å²) in [6.45, 7) is 0.479. The van der Waals surface area contributed by atoms with Crippen LogP contribution in [0.1, 0.15) is 21.5 Å². The molecule has 0 saturated carbocycles. The Labute approximate surface area is 117 Å². The fraction of sp³-hybridized carbons (Fsp3) is 0.0588. The van der Waals surface area contributed by atoms with E-state index in [1.807, 2.05) is 48.5 Å². The molecule has 0 aliphatic heterocycles. The molecule has 0 amide bonds. The number of rotatable bonds is 3. The van der Waals surface area contributed by atoms with Gasteiger partial charge in [0.15, 0.2) is 5.78 Å². The van der Waals surface area contributed by atoms with Crippen molar-refractivity contribution in [3.63, 3.8) is 0 Å². The maximum absolute atomic E-state index is 12.6. The van der Waals surface area contributed by atoms with Crippen molar-refractivity contribution >= 4 is 16.6 Å². The smallest absolute Gasteiger partial charge is 0.193 e. The van der Waals surface area contributed by atoms with Crippen molar-refractivity contribution in [2.45, 2.75) is 6.54 Å². The molecule has 0 radical (unpaired) electrons. The molecule has 1 heterocycles. The highest BCUT2D eigenvalue weighted by molar-refractivity contribution is 6.16. The van der Waals surface area contributed by atoms with Crippen molar-refractivity contribution in [1.82, 2.24) is 4.98 Å². The van der Waals surface area contributed by atoms with Gasteiger partial charge in [0.1, 0.15) is 0 Å². The number of carbonyl (C=O) groups excluding carboxylic acids is 1. The van der Waals surface area contributed by atoms with Gasteiger partial charge in [0.05, 0.1) is 0 Å². The third kappa shape index (κ3) is 2.19. The minimum atomic E-state index is 0.00664. The zero-order valence-corrected chi connectivity index (χ0v) is 10.9. The Balaban J connectivity index is 2.07. The normalized spacial score (nSPS) is 10.7. The third-order valence-electron chi connectivity index (χ3n) is 3.38. The zero-order chi connectivity index (χ0) is 13.9. The molecular formula is C17H14N2O. The van der Waals surface area contributed by atoms with E-state index in [9.17, 15) is 4.79 Å². The van der Waals surface area contributed by atoms with Gasteiger partial charge in [0.25, 0.3) is 0 Å². The molecule has 20 heavy (non-hydrogen) atoms. The van der Waals surface area contributed by atoms with E-state index in [-0.39, 0.29) is 5.78 Å². The lowest BCUT2D eigenvalue weighted by Gasteiger charge is -2.06. The predicted molar refractivity (Wildman–Crippen MR) is 79.5 cm³/mol. The van der Waals surface area contributed by atoms with Crippen molar-refractivity contribution in [1.29, 1.82) is 0 Å². The standard InChI is InChI=1S/C17H14N2O/c18-10-12-4-6-14(7-5-12)17(20)15-3-1-2-13-8-9-19-11-16(13)15/h1-9,11H,10,18H2. The summed E-state index contributed by atoms with van der Waals surface area (Å²) in [7, 11) is 0. The first-order valence-corrected chi connectivity index (χ1v) is 6.46. The molecule has 3 aromatic rings. The minimum absolute atomic E-state index is 0.00664. The molecular weight excluding hydrogens is 248 g/mol. The Morgan fingerprint density at radius 3 is 2.60 bits per heavy atom. The molecule has 1 aromatic heterocycles. The highest BCUT2D eigenvalue weighted by Crippen LogP contribution is 2.20. The van der Waals surface area contributed by atoms with Crippen LogP contribution >= 0.6 is 0 Å². The van der Waals surface area contributed by atoms with Crippen molar-refractivity contribution in [2.75, 3.05) is 0 Å². The summed E-state index contributed by atoms with van der Waals surface area (Å²) in [6.07, 6.45) is 3.46. The van der Waals surface area contributed by atoms with Crippen LogP contribution in [0.4, 0.5) is 0 Å². The van der Waals surface area contributed by atoms with Gasteiger partial charge >= 0.3 is 0 Å². The number of hydrogen-bond donors (Lipinski definition) is 1. The van der Waals surface area contributed by atoms with E-state index < -0.39 is 0 Å². The first-order valence-electron chi connectivity index (χ1n) is 6.46. The molecule has 98 valence electrons. The Kier molecular flexibility index (Phi) is 3.27. The molecule has 0 bridgehead atoms. The van der Waals surface area contributed by atoms with E-state index in [1.54, 1.807) is 12.4 Å². The maximum Gasteiger partial charge on any atom is 0.193 e. The summed E-state index contributed by atoms with van der Waals surface area (Å²) in [5, 5.41) is 1.90. The predicted octanol–water partition coefficient (Wildman–Crippen LogP) is 2.92. The van der Waals surface area contributed by atoms with Crippen molar-refractivity contribution in [3.05, 3.63) is 77.6 Å². The average Bonchev–Trinajstić information content (AvgIpc) is 2.54. The molecule has 0 spiro atoms. The van der Waals surface area contributed by atoms with Crippen LogP contribution in [0, 0.1) is 0 Å². The summed E-state index contributed by atoms with van der Waals surface area (Å²) < 4.78 is 0. The lowest BCUT2D eigenvalue weighted by molar-refractivity contribution is 0.104. The van der Waals surface area contributed by atoms with Crippen LogP contribution in [0.2, 0.25) is 0 Å². The van der Waals surface area contributed by atoms with Gasteiger partial charge in [-0.15, -0.1) is 0 Å². The van der Waals surface area contributed by atoms with E-state index in [0.717, 1.165) is 16.3 Å². The summed E-state index contributed by atoms with van der Waals surface area (Å²) in [4.78, 5) is 16.7. The summed E-state index contributed by atoms with van der Waals surface area (Å²) in [6, 6.07) is 15.0. The van der Waals surface area contributed by atoms with Gasteiger partial charge in [0, 0.05) is 35.5 Å². The number of fused-ring (bicyclic) bond motifs is 1. The first-order chi connectivity index (χ1) is 9.79. The van der Waals surface area contributed by atoms with Crippen molar-refractivity contribution in [3.8, 4) is 0 Å². The van der Waals surface area contributed by atoms with Gasteiger partial charge < -0.3 is 5.73 Å². The van der Waals surface area contributed by atoms with Gasteiger partial charge in [0.2, 0.25) is 0 Å². The van der Waals surface area contributed by atoms with Gasteiger partial charge in [-0.3, -0.25) is 9.78 Å². The number of carbonyl (C=O) groups is 1. The molecule has 0 fully saturated rings. The maximum atomic E-state index is 12.6. The molecule has 3 nitrogen and oxygen atoms in total. The minimum Gasteiger partial charge on any atom is -0.326 e. The highest BCUT2D eigenvalue weighted by Gasteiger charge is 2.12. The third-order valence-corrected chi connectivity index (χ3v) is 3.38. The average molecular weight is 262 g/mol. The number of pyridine rings is 1. The Bertz CT molecular complexity index is 758. The monoisotopic (exact) mass is 262 g/mol. The second-order valence-electron chi connectivity index (χ2n) is 4.63. The van der Waals surface area contributed by atoms with Gasteiger partial charge in [-0.25, -0.2) is 0 Å². The van der Waals surface area contributed by atoms with E-state index in [4.69, 9.17) is 5.73 Å². The molecule has 0 aliphatic carbocycles. The lowest BCUT2D eigenvalue weighted by atomic mass is 9.98. The molecule has 3 heteroatoms. The fourth-order valence-corrected chi connectivity index (χ4v) is 2.26. The summed E-state index contributed by atoms with van der Waals surface area (Å²) in [5.74, 6) is 0.00664. The number of ketones is 1. The molecule has 0 atom stereocenters. The SMILES string of the molecule is NCc1ccc(C(=O)c2cccc3ccncc23)cc1. The molecule has 0 unspecified atom stereocenters. The van der Waals surface area contributed by atoms with E-state index in [1.165, 1.54) is 0 Å². The van der Waals surface area contributed by atoms with E-state index in [0.29, 0.717) is 17.7 Å². The Morgan fingerprint density at radius 1 is 1.05 bits per heavy atom. The number of aromatic nitrogens is 1. The van der Waals surface area contributed by atoms with E-state index in [2.05, 4.69) is 4.98 Å². The second kappa shape index (κ2) is 5.23. The number of benzene rings is 2. The van der Waals surface area contributed by atoms with Crippen molar-refractivity contribution in [2.24, 2.45) is 5.73 Å². The number of hydrogen-bond acceptors (Lipinski definition) is 3. The Morgan fingerprint density at radius 2 is 1.85 bits per heavy atom. The Hall–Kier alpha value is -2.52. The van der Waals surface area contributed by atoms with Gasteiger partial charge in [-0.2, -0.15) is 0 Å². The van der Waals surface area contributed by atoms with Gasteiger partial charge in [-0.1, -0.05) is 42.5 Å². The van der Waals surface area contributed by atoms with Crippen LogP contribution in [0.5, 0.6) is 0 Å². The first kappa shape index (κ1) is 12.5. The fourth-order valence-electron chi connectivity index (χ4n) is 2.26. The quantitative estimate of drug-likeness (QED) is 0.738. The molecule has 2 N–H and O–H groups in total. The van der Waals surface area contributed by atoms with Crippen molar-refractivity contribution < 1.29 is 4.79 Å². The molecule has 0 saturated heterocycles. The molecule has 0 aliphatic rings. The van der Waals surface area contributed by atoms with Crippen LogP contribution < -0.4 is 5.73 Å². The molecule has 3 rings (SSSR count). The zero-order valence-electron chi connectivity index (χ0n) is 10.9. The van der Waals surface area contributed by atoms with Crippen LogP contribution in [-0.2, 0) is 6.54 Å². The highest BCUT2D eigenvalue weighted by atomic mass is 16.1. The van der Waals surface area contributed by atoms with E-state index >= 15 is 0 Å². The number of nitrogens with zero attached hydrogens (tertiary/aromatic N) is 1. The van der Waals surface area contributed by atoms with Crippen LogP contribution in [0.25, 0.3) is 10.8 Å². The van der Waals surface area contributed by atoms with Crippen LogP contribution in [-0.4, -0.2) is 10.8 Å². The lowest BCUT2D eigenvalue weighted by Crippen LogP contribution is -2.03. The molecule has 2 aromatic carbocycles. The van der Waals surface area contributed by atoms with Gasteiger partial charge in [-0.05, 0) is 17.0 Å². The topological polar surface area (TPSA) is 56.0 Å². The summed E-state index contributed by atoms with van der Waals surface area (Å²) >= 11 is 0. The second-order valence-corrected chi connectivity index (χ2v) is 4.63. The van der Waals surface area contributed by atoms with Crippen LogP contribution in [0.15, 0.2) is 60.9 Å². The van der Waals surface area contributed by atoms with Crippen LogP contribution in [0.3, 0.4) is 0 Å². The summed E-state index contributed by atoms with van der Waals surface area (Å²) in [5.41, 5.74) is 7.93. The largest absolute Gasteiger partial charge is 0.326 e. The number of nitrogens with two attached hydrogens (primary N) is 1.